The van der Waals surface area contributed by atoms with Crippen molar-refractivity contribution in [2.45, 2.75) is 9.79 Å². The van der Waals surface area contributed by atoms with Crippen LogP contribution in [0.4, 0.5) is 18.9 Å². The van der Waals surface area contributed by atoms with Crippen LogP contribution in [0.2, 0.25) is 0 Å². The fourth-order valence-electron chi connectivity index (χ4n) is 1.75. The van der Waals surface area contributed by atoms with Crippen molar-refractivity contribution >= 4 is 15.5 Å². The summed E-state index contributed by atoms with van der Waals surface area (Å²) in [5, 5.41) is 0. The van der Waals surface area contributed by atoms with Gasteiger partial charge in [-0.2, -0.15) is 0 Å². The molecule has 0 N–H and O–H groups in total. The van der Waals surface area contributed by atoms with Crippen molar-refractivity contribution in [2.24, 2.45) is 0 Å². The summed E-state index contributed by atoms with van der Waals surface area (Å²) in [6, 6.07) is 6.81. The van der Waals surface area contributed by atoms with Crippen LogP contribution in [-0.2, 0) is 9.84 Å². The molecule has 2 aromatic carbocycles. The van der Waals surface area contributed by atoms with Gasteiger partial charge in [-0.15, -0.1) is 0 Å². The van der Waals surface area contributed by atoms with Gasteiger partial charge in [0.25, 0.3) is 0 Å². The molecule has 0 saturated heterocycles. The van der Waals surface area contributed by atoms with Gasteiger partial charge in [0, 0.05) is 19.8 Å². The molecule has 0 atom stereocenters. The standard InChI is InChI=1S/C14H12F3NO2S/c1-18(2)9-4-3-5-10(6-9)21(19,20)11-7-12(15)14(17)13(16)8-11/h3-8H,1-2H3. The highest BCUT2D eigenvalue weighted by Crippen LogP contribution is 2.26. The summed E-state index contributed by atoms with van der Waals surface area (Å²) < 4.78 is 64.0. The van der Waals surface area contributed by atoms with E-state index in [4.69, 9.17) is 0 Å². The van der Waals surface area contributed by atoms with E-state index in [1.54, 1.807) is 25.1 Å². The second-order valence-electron chi connectivity index (χ2n) is 4.60. The van der Waals surface area contributed by atoms with Gasteiger partial charge in [-0.3, -0.25) is 0 Å². The number of benzene rings is 2. The Morgan fingerprint density at radius 1 is 0.905 bits per heavy atom. The topological polar surface area (TPSA) is 37.4 Å². The Labute approximate surface area is 120 Å². The van der Waals surface area contributed by atoms with Gasteiger partial charge in [0.15, 0.2) is 17.5 Å². The average molecular weight is 315 g/mol. The lowest BCUT2D eigenvalue weighted by Crippen LogP contribution is -2.10. The van der Waals surface area contributed by atoms with Crippen LogP contribution in [-0.4, -0.2) is 22.5 Å². The van der Waals surface area contributed by atoms with E-state index in [-0.39, 0.29) is 4.90 Å². The van der Waals surface area contributed by atoms with Crippen LogP contribution in [0.25, 0.3) is 0 Å². The van der Waals surface area contributed by atoms with E-state index < -0.39 is 32.2 Å². The van der Waals surface area contributed by atoms with Crippen molar-refractivity contribution in [1.29, 1.82) is 0 Å². The molecule has 0 aliphatic heterocycles. The number of hydrogen-bond donors (Lipinski definition) is 0. The van der Waals surface area contributed by atoms with E-state index in [0.717, 1.165) is 0 Å². The second-order valence-corrected chi connectivity index (χ2v) is 6.55. The first-order chi connectivity index (χ1) is 9.73. The lowest BCUT2D eigenvalue weighted by atomic mass is 10.3. The largest absolute Gasteiger partial charge is 0.378 e. The quantitative estimate of drug-likeness (QED) is 0.645. The first-order valence-electron chi connectivity index (χ1n) is 5.90. The maximum Gasteiger partial charge on any atom is 0.206 e. The number of anilines is 1. The predicted octanol–water partition coefficient (Wildman–Crippen LogP) is 3.00. The third-order valence-corrected chi connectivity index (χ3v) is 4.64. The van der Waals surface area contributed by atoms with Crippen molar-refractivity contribution in [3.05, 3.63) is 53.8 Å². The summed E-state index contributed by atoms with van der Waals surface area (Å²) in [6.45, 7) is 0. The van der Waals surface area contributed by atoms with Crippen LogP contribution >= 0.6 is 0 Å². The third kappa shape index (κ3) is 2.87. The number of hydrogen-bond acceptors (Lipinski definition) is 3. The zero-order valence-electron chi connectivity index (χ0n) is 11.3. The molecule has 7 heteroatoms. The molecule has 0 radical (unpaired) electrons. The molecule has 0 heterocycles. The molecule has 2 aromatic rings. The van der Waals surface area contributed by atoms with Crippen LogP contribution in [0.3, 0.4) is 0 Å². The SMILES string of the molecule is CN(C)c1cccc(S(=O)(=O)c2cc(F)c(F)c(F)c2)c1. The first kappa shape index (κ1) is 15.4. The zero-order chi connectivity index (χ0) is 15.8. The van der Waals surface area contributed by atoms with Gasteiger partial charge in [-0.25, -0.2) is 21.6 Å². The van der Waals surface area contributed by atoms with Gasteiger partial charge in [-0.1, -0.05) is 6.07 Å². The molecule has 0 bridgehead atoms. The van der Waals surface area contributed by atoms with Gasteiger partial charge < -0.3 is 4.90 Å². The normalized spacial score (nSPS) is 11.5. The van der Waals surface area contributed by atoms with Crippen molar-refractivity contribution < 1.29 is 21.6 Å². The maximum atomic E-state index is 13.2. The molecule has 0 unspecified atom stereocenters. The molecular formula is C14H12F3NO2S. The minimum absolute atomic E-state index is 0.126. The smallest absolute Gasteiger partial charge is 0.206 e. The molecule has 0 aliphatic carbocycles. The molecule has 0 aromatic heterocycles. The van der Waals surface area contributed by atoms with Crippen LogP contribution < -0.4 is 4.90 Å². The molecule has 3 nitrogen and oxygen atoms in total. The van der Waals surface area contributed by atoms with E-state index in [9.17, 15) is 21.6 Å². The summed E-state index contributed by atoms with van der Waals surface area (Å²) in [7, 11) is -0.680. The summed E-state index contributed by atoms with van der Waals surface area (Å²) in [4.78, 5) is 0.930. The zero-order valence-corrected chi connectivity index (χ0v) is 12.1. The Balaban J connectivity index is 2.60. The van der Waals surface area contributed by atoms with E-state index in [1.165, 1.54) is 18.2 Å². The molecule has 0 aliphatic rings. The summed E-state index contributed by atoms with van der Waals surface area (Å²) in [6.07, 6.45) is 0. The van der Waals surface area contributed by atoms with E-state index >= 15 is 0 Å². The van der Waals surface area contributed by atoms with Crippen molar-refractivity contribution in [3.63, 3.8) is 0 Å². The third-order valence-electron chi connectivity index (χ3n) is 2.91. The molecule has 0 saturated carbocycles. The van der Waals surface area contributed by atoms with Gasteiger partial charge in [0.1, 0.15) is 0 Å². The minimum Gasteiger partial charge on any atom is -0.378 e. The van der Waals surface area contributed by atoms with Gasteiger partial charge in [0.05, 0.1) is 9.79 Å². The predicted molar refractivity (Wildman–Crippen MR) is 72.5 cm³/mol. The van der Waals surface area contributed by atoms with Crippen LogP contribution in [0.1, 0.15) is 0 Å². The fourth-order valence-corrected chi connectivity index (χ4v) is 3.08. The van der Waals surface area contributed by atoms with Gasteiger partial charge >= 0.3 is 0 Å². The van der Waals surface area contributed by atoms with E-state index in [1.807, 2.05) is 0 Å². The molecule has 0 spiro atoms. The van der Waals surface area contributed by atoms with Crippen LogP contribution in [0.15, 0.2) is 46.2 Å². The Morgan fingerprint density at radius 2 is 1.48 bits per heavy atom. The highest BCUT2D eigenvalue weighted by Gasteiger charge is 2.22. The maximum absolute atomic E-state index is 13.2. The molecule has 0 fully saturated rings. The molecule has 2 rings (SSSR count). The fraction of sp³-hybridized carbons (Fsp3) is 0.143. The lowest BCUT2D eigenvalue weighted by Gasteiger charge is -2.14. The molecule has 21 heavy (non-hydrogen) atoms. The van der Waals surface area contributed by atoms with Crippen molar-refractivity contribution in [3.8, 4) is 0 Å². The molecule has 0 amide bonds. The van der Waals surface area contributed by atoms with Gasteiger partial charge in [-0.05, 0) is 30.3 Å². The highest BCUT2D eigenvalue weighted by atomic mass is 32.2. The molecular weight excluding hydrogens is 303 g/mol. The summed E-state index contributed by atoms with van der Waals surface area (Å²) in [5.41, 5.74) is 0.610. The highest BCUT2D eigenvalue weighted by molar-refractivity contribution is 7.91. The minimum atomic E-state index is -4.13. The summed E-state index contributed by atoms with van der Waals surface area (Å²) >= 11 is 0. The number of rotatable bonds is 3. The Kier molecular flexibility index (Phi) is 3.95. The van der Waals surface area contributed by atoms with Crippen molar-refractivity contribution in [2.75, 3.05) is 19.0 Å². The van der Waals surface area contributed by atoms with Crippen molar-refractivity contribution in [1.82, 2.24) is 0 Å². The van der Waals surface area contributed by atoms with Gasteiger partial charge in [0.2, 0.25) is 9.84 Å². The summed E-state index contributed by atoms with van der Waals surface area (Å²) in [5.74, 6) is -4.79. The molecule has 112 valence electrons. The van der Waals surface area contributed by atoms with E-state index in [2.05, 4.69) is 0 Å². The van der Waals surface area contributed by atoms with Crippen LogP contribution in [0, 0.1) is 17.5 Å². The Morgan fingerprint density at radius 3 is 2.00 bits per heavy atom. The van der Waals surface area contributed by atoms with Crippen LogP contribution in [0.5, 0.6) is 0 Å². The lowest BCUT2D eigenvalue weighted by molar-refractivity contribution is 0.442. The Bertz CT molecular complexity index is 766. The number of sulfone groups is 1. The monoisotopic (exact) mass is 315 g/mol. The van der Waals surface area contributed by atoms with E-state index in [0.29, 0.717) is 17.8 Å². The second kappa shape index (κ2) is 5.40. The first-order valence-corrected chi connectivity index (χ1v) is 7.39. The Hall–Kier alpha value is -2.02. The average Bonchev–Trinajstić information content (AvgIpc) is 2.44. The number of nitrogens with zero attached hydrogens (tertiary/aromatic N) is 1. The number of halogens is 3.